The fourth-order valence-corrected chi connectivity index (χ4v) is 2.06. The lowest BCUT2D eigenvalue weighted by molar-refractivity contribution is 0.375. The number of hydrogen-bond acceptors (Lipinski definition) is 4. The van der Waals surface area contributed by atoms with E-state index in [1.807, 2.05) is 0 Å². The molecule has 0 saturated heterocycles. The van der Waals surface area contributed by atoms with Crippen LogP contribution in [0.1, 0.15) is 24.0 Å². The van der Waals surface area contributed by atoms with E-state index in [2.05, 4.69) is 10.1 Å². The van der Waals surface area contributed by atoms with Crippen LogP contribution in [0.2, 0.25) is 0 Å². The van der Waals surface area contributed by atoms with Gasteiger partial charge in [-0.3, -0.25) is 0 Å². The van der Waals surface area contributed by atoms with E-state index < -0.39 is 0 Å². The summed E-state index contributed by atoms with van der Waals surface area (Å²) in [4.78, 5) is 4.67. The topological polar surface area (TPSA) is 38.9 Å². The molecule has 1 atom stereocenters. The van der Waals surface area contributed by atoms with Crippen molar-refractivity contribution in [2.75, 3.05) is 0 Å². The van der Waals surface area contributed by atoms with E-state index in [-0.39, 0.29) is 11.2 Å². The van der Waals surface area contributed by atoms with Crippen molar-refractivity contribution in [3.05, 3.63) is 41.8 Å². The van der Waals surface area contributed by atoms with Crippen molar-refractivity contribution in [3.63, 3.8) is 0 Å². The first-order valence-electron chi connectivity index (χ1n) is 5.00. The van der Waals surface area contributed by atoms with Gasteiger partial charge in [-0.2, -0.15) is 4.98 Å². The standard InChI is InChI=1S/C11H10ClFN2OS/c1-7(12)11-14-10(15-16-11)6-17-9-5-3-2-4-8(9)13/h2-5,7H,6H2,1H3. The van der Waals surface area contributed by atoms with Crippen molar-refractivity contribution < 1.29 is 8.91 Å². The average molecular weight is 273 g/mol. The van der Waals surface area contributed by atoms with Gasteiger partial charge in [-0.15, -0.1) is 23.4 Å². The van der Waals surface area contributed by atoms with Crippen molar-refractivity contribution in [2.45, 2.75) is 22.9 Å². The van der Waals surface area contributed by atoms with Crippen LogP contribution in [0, 0.1) is 5.82 Å². The molecule has 0 fully saturated rings. The van der Waals surface area contributed by atoms with Crippen LogP contribution in [-0.4, -0.2) is 10.1 Å². The first-order chi connectivity index (χ1) is 8.16. The van der Waals surface area contributed by atoms with Crippen LogP contribution in [0.5, 0.6) is 0 Å². The Hall–Kier alpha value is -1.07. The van der Waals surface area contributed by atoms with E-state index in [0.717, 1.165) is 0 Å². The Morgan fingerprint density at radius 3 is 2.88 bits per heavy atom. The van der Waals surface area contributed by atoms with Gasteiger partial charge in [0, 0.05) is 4.90 Å². The number of benzene rings is 1. The lowest BCUT2D eigenvalue weighted by Crippen LogP contribution is -1.88. The third-order valence-corrected chi connectivity index (χ3v) is 3.25. The van der Waals surface area contributed by atoms with E-state index in [4.69, 9.17) is 16.1 Å². The SMILES string of the molecule is CC(Cl)c1nc(CSc2ccccc2F)no1. The molecule has 1 aromatic heterocycles. The van der Waals surface area contributed by atoms with Crippen LogP contribution in [0.4, 0.5) is 4.39 Å². The Morgan fingerprint density at radius 2 is 2.24 bits per heavy atom. The molecule has 0 aliphatic carbocycles. The van der Waals surface area contributed by atoms with E-state index in [9.17, 15) is 4.39 Å². The predicted molar refractivity (Wildman–Crippen MR) is 64.5 cm³/mol. The van der Waals surface area contributed by atoms with E-state index in [0.29, 0.717) is 22.4 Å². The number of alkyl halides is 1. The molecule has 0 bridgehead atoms. The summed E-state index contributed by atoms with van der Waals surface area (Å²) in [5, 5.41) is 3.46. The van der Waals surface area contributed by atoms with Crippen LogP contribution >= 0.6 is 23.4 Å². The molecule has 2 rings (SSSR count). The summed E-state index contributed by atoms with van der Waals surface area (Å²) < 4.78 is 18.3. The summed E-state index contributed by atoms with van der Waals surface area (Å²) in [5.74, 6) is 1.11. The maximum absolute atomic E-state index is 13.3. The number of thioether (sulfide) groups is 1. The monoisotopic (exact) mass is 272 g/mol. The van der Waals surface area contributed by atoms with Crippen LogP contribution in [0.25, 0.3) is 0 Å². The van der Waals surface area contributed by atoms with Crippen molar-refractivity contribution >= 4 is 23.4 Å². The molecule has 17 heavy (non-hydrogen) atoms. The summed E-state index contributed by atoms with van der Waals surface area (Å²) in [5.41, 5.74) is 0. The summed E-state index contributed by atoms with van der Waals surface area (Å²) in [7, 11) is 0. The molecule has 1 heterocycles. The Labute approximate surface area is 107 Å². The normalized spacial score (nSPS) is 12.6. The summed E-state index contributed by atoms with van der Waals surface area (Å²) in [6.07, 6.45) is 0. The third-order valence-electron chi connectivity index (χ3n) is 2.02. The first kappa shape index (κ1) is 12.4. The summed E-state index contributed by atoms with van der Waals surface area (Å²) in [6.45, 7) is 1.75. The molecule has 0 radical (unpaired) electrons. The Balaban J connectivity index is 2.00. The highest BCUT2D eigenvalue weighted by Gasteiger charge is 2.12. The molecule has 0 aliphatic heterocycles. The lowest BCUT2D eigenvalue weighted by atomic mass is 10.3. The summed E-state index contributed by atoms with van der Waals surface area (Å²) in [6, 6.07) is 6.57. The van der Waals surface area contributed by atoms with Crippen LogP contribution in [0.3, 0.4) is 0 Å². The predicted octanol–water partition coefficient (Wildman–Crippen LogP) is 3.80. The van der Waals surface area contributed by atoms with Gasteiger partial charge in [0.25, 0.3) is 0 Å². The number of rotatable bonds is 4. The molecule has 90 valence electrons. The second kappa shape index (κ2) is 5.51. The highest BCUT2D eigenvalue weighted by molar-refractivity contribution is 7.98. The largest absolute Gasteiger partial charge is 0.338 e. The van der Waals surface area contributed by atoms with Gasteiger partial charge in [0.2, 0.25) is 5.89 Å². The minimum atomic E-state index is -0.310. The lowest BCUT2D eigenvalue weighted by Gasteiger charge is -1.99. The number of nitrogens with zero attached hydrogens (tertiary/aromatic N) is 2. The zero-order chi connectivity index (χ0) is 12.3. The Bertz CT molecular complexity index is 504. The summed E-state index contributed by atoms with van der Waals surface area (Å²) >= 11 is 7.12. The van der Waals surface area contributed by atoms with Crippen molar-refractivity contribution in [1.82, 2.24) is 10.1 Å². The number of aromatic nitrogens is 2. The molecule has 3 nitrogen and oxygen atoms in total. The smallest absolute Gasteiger partial charge is 0.244 e. The van der Waals surface area contributed by atoms with E-state index in [1.54, 1.807) is 25.1 Å². The van der Waals surface area contributed by atoms with Crippen molar-refractivity contribution in [2.24, 2.45) is 0 Å². The second-order valence-electron chi connectivity index (χ2n) is 3.38. The molecule has 0 N–H and O–H groups in total. The number of halogens is 2. The fourth-order valence-electron chi connectivity index (χ4n) is 1.19. The average Bonchev–Trinajstić information content (AvgIpc) is 2.77. The van der Waals surface area contributed by atoms with Gasteiger partial charge >= 0.3 is 0 Å². The van der Waals surface area contributed by atoms with Gasteiger partial charge in [0.1, 0.15) is 11.2 Å². The maximum atomic E-state index is 13.3. The van der Waals surface area contributed by atoms with Gasteiger partial charge in [-0.1, -0.05) is 17.3 Å². The van der Waals surface area contributed by atoms with Gasteiger partial charge in [-0.25, -0.2) is 4.39 Å². The molecule has 6 heteroatoms. The van der Waals surface area contributed by atoms with Gasteiger partial charge in [0.15, 0.2) is 5.82 Å². The zero-order valence-electron chi connectivity index (χ0n) is 9.06. The van der Waals surface area contributed by atoms with Crippen molar-refractivity contribution in [3.8, 4) is 0 Å². The molecule has 0 aliphatic rings. The van der Waals surface area contributed by atoms with Crippen molar-refractivity contribution in [1.29, 1.82) is 0 Å². The van der Waals surface area contributed by atoms with Gasteiger partial charge < -0.3 is 4.52 Å². The Kier molecular flexibility index (Phi) is 4.02. The molecular weight excluding hydrogens is 263 g/mol. The maximum Gasteiger partial charge on any atom is 0.244 e. The van der Waals surface area contributed by atoms with E-state index >= 15 is 0 Å². The van der Waals surface area contributed by atoms with E-state index in [1.165, 1.54) is 17.8 Å². The van der Waals surface area contributed by atoms with Crippen LogP contribution in [0.15, 0.2) is 33.7 Å². The highest BCUT2D eigenvalue weighted by Crippen LogP contribution is 2.25. The molecule has 0 spiro atoms. The van der Waals surface area contributed by atoms with Gasteiger partial charge in [-0.05, 0) is 19.1 Å². The molecule has 0 amide bonds. The molecule has 0 saturated carbocycles. The number of hydrogen-bond donors (Lipinski definition) is 0. The van der Waals surface area contributed by atoms with Crippen LogP contribution in [-0.2, 0) is 5.75 Å². The minimum Gasteiger partial charge on any atom is -0.338 e. The fraction of sp³-hybridized carbons (Fsp3) is 0.273. The zero-order valence-corrected chi connectivity index (χ0v) is 10.6. The van der Waals surface area contributed by atoms with Gasteiger partial charge in [0.05, 0.1) is 5.75 Å². The van der Waals surface area contributed by atoms with Crippen LogP contribution < -0.4 is 0 Å². The Morgan fingerprint density at radius 1 is 1.47 bits per heavy atom. The second-order valence-corrected chi connectivity index (χ2v) is 5.06. The molecule has 1 aromatic carbocycles. The molecular formula is C11H10ClFN2OS. The quantitative estimate of drug-likeness (QED) is 0.627. The third kappa shape index (κ3) is 3.20. The highest BCUT2D eigenvalue weighted by atomic mass is 35.5. The first-order valence-corrected chi connectivity index (χ1v) is 6.43. The minimum absolute atomic E-state index is 0.244. The molecule has 2 aromatic rings. The molecule has 1 unspecified atom stereocenters.